The summed E-state index contributed by atoms with van der Waals surface area (Å²) in [6, 6.07) is 1.40. The molecular formula is C19H19ClF7N3O2. The number of hydrogen-bond donors (Lipinski definition) is 2. The van der Waals surface area contributed by atoms with Crippen LogP contribution in [0.15, 0.2) is 18.2 Å². The molecule has 0 bridgehead atoms. The van der Waals surface area contributed by atoms with Crippen LogP contribution in [0.25, 0.3) is 10.9 Å². The monoisotopic (exact) mass is 489 g/mol. The summed E-state index contributed by atoms with van der Waals surface area (Å²) in [5.41, 5.74) is -2.66. The van der Waals surface area contributed by atoms with Crippen molar-refractivity contribution in [3.8, 4) is 5.75 Å². The molecule has 3 rings (SSSR count). The van der Waals surface area contributed by atoms with E-state index in [9.17, 15) is 35.5 Å². The van der Waals surface area contributed by atoms with Gasteiger partial charge in [0.05, 0.1) is 16.1 Å². The number of carbonyl (C=O) groups excluding carboxylic acids is 1. The van der Waals surface area contributed by atoms with Gasteiger partial charge in [-0.3, -0.25) is 4.79 Å². The molecule has 1 aromatic carbocycles. The maximum Gasteiger partial charge on any atom is 0.418 e. The number of fused-ring (bicyclic) bond motifs is 1. The number of alkyl halides is 7. The van der Waals surface area contributed by atoms with Crippen LogP contribution in [0.3, 0.4) is 0 Å². The maximum atomic E-state index is 13.5. The van der Waals surface area contributed by atoms with E-state index in [4.69, 9.17) is 11.6 Å². The van der Waals surface area contributed by atoms with Gasteiger partial charge in [-0.1, -0.05) is 19.0 Å². The van der Waals surface area contributed by atoms with Crippen molar-refractivity contribution < 1.29 is 40.3 Å². The first-order chi connectivity index (χ1) is 14.4. The molecule has 0 spiro atoms. The van der Waals surface area contributed by atoms with E-state index in [-0.39, 0.29) is 37.3 Å². The van der Waals surface area contributed by atoms with Crippen molar-refractivity contribution in [3.63, 3.8) is 0 Å². The number of piperidine rings is 1. The van der Waals surface area contributed by atoms with Crippen molar-refractivity contribution in [2.75, 3.05) is 13.1 Å². The van der Waals surface area contributed by atoms with E-state index in [0.717, 1.165) is 12.1 Å². The lowest BCUT2D eigenvalue weighted by Crippen LogP contribution is -2.49. The maximum absolute atomic E-state index is 13.5. The molecular weight excluding hydrogens is 471 g/mol. The van der Waals surface area contributed by atoms with Crippen molar-refractivity contribution in [3.05, 3.63) is 34.5 Å². The minimum Gasteiger partial charge on any atom is -0.435 e. The van der Waals surface area contributed by atoms with Gasteiger partial charge in [-0.2, -0.15) is 22.0 Å². The summed E-state index contributed by atoms with van der Waals surface area (Å²) < 4.78 is 96.2. The van der Waals surface area contributed by atoms with Crippen LogP contribution in [0.1, 0.15) is 36.3 Å². The molecule has 1 aromatic heterocycles. The predicted molar refractivity (Wildman–Crippen MR) is 103 cm³/mol. The third kappa shape index (κ3) is 6.12. The first-order valence-corrected chi connectivity index (χ1v) is 9.29. The van der Waals surface area contributed by atoms with Crippen LogP contribution in [0, 0.1) is 0 Å². The number of carbonyl (C=O) groups is 1. The molecule has 178 valence electrons. The van der Waals surface area contributed by atoms with Crippen LogP contribution < -0.4 is 15.4 Å². The van der Waals surface area contributed by atoms with E-state index in [0.29, 0.717) is 6.07 Å². The molecule has 1 saturated heterocycles. The number of aromatic nitrogens is 1. The number of halogens is 8. The Labute approximate surface area is 183 Å². The average molecular weight is 490 g/mol. The number of ether oxygens (including phenoxy) is 1. The number of nitrogens with zero attached hydrogens (tertiary/aromatic N) is 1. The third-order valence-corrected chi connectivity index (χ3v) is 4.89. The SMILES string of the molecule is C.O=C(NC[C@@H]1CC(F)(F)CCN1)c1cc(Cl)c2cc(OC(F)F)cc(C(F)(F)F)c2n1. The van der Waals surface area contributed by atoms with Crippen LogP contribution >= 0.6 is 11.6 Å². The fourth-order valence-corrected chi connectivity index (χ4v) is 3.46. The molecule has 32 heavy (non-hydrogen) atoms. The molecule has 0 saturated carbocycles. The summed E-state index contributed by atoms with van der Waals surface area (Å²) in [5, 5.41) is 4.43. The van der Waals surface area contributed by atoms with E-state index in [2.05, 4.69) is 20.4 Å². The molecule has 0 unspecified atom stereocenters. The Morgan fingerprint density at radius 3 is 2.59 bits per heavy atom. The Morgan fingerprint density at radius 1 is 1.31 bits per heavy atom. The van der Waals surface area contributed by atoms with E-state index in [1.165, 1.54) is 0 Å². The average Bonchev–Trinajstić information content (AvgIpc) is 2.64. The first kappa shape index (κ1) is 25.9. The smallest absolute Gasteiger partial charge is 0.418 e. The van der Waals surface area contributed by atoms with Crippen LogP contribution in [-0.2, 0) is 6.18 Å². The summed E-state index contributed by atoms with van der Waals surface area (Å²) in [5.74, 6) is -4.59. The molecule has 1 fully saturated rings. The van der Waals surface area contributed by atoms with Crippen molar-refractivity contribution >= 4 is 28.4 Å². The fraction of sp³-hybridized carbons (Fsp3) is 0.474. The number of pyridine rings is 1. The number of amides is 1. The minimum atomic E-state index is -5.01. The van der Waals surface area contributed by atoms with Gasteiger partial charge in [0.2, 0.25) is 0 Å². The lowest BCUT2D eigenvalue weighted by molar-refractivity contribution is -0.136. The molecule has 1 atom stereocenters. The first-order valence-electron chi connectivity index (χ1n) is 8.91. The number of nitrogens with one attached hydrogen (secondary N) is 2. The molecule has 1 aliphatic rings. The van der Waals surface area contributed by atoms with Gasteiger partial charge in [0.1, 0.15) is 11.4 Å². The highest BCUT2D eigenvalue weighted by Gasteiger charge is 2.37. The highest BCUT2D eigenvalue weighted by Crippen LogP contribution is 2.39. The van der Waals surface area contributed by atoms with Crippen LogP contribution in [0.2, 0.25) is 5.02 Å². The van der Waals surface area contributed by atoms with Gasteiger partial charge in [-0.15, -0.1) is 0 Å². The summed E-state index contributed by atoms with van der Waals surface area (Å²) >= 11 is 5.98. The van der Waals surface area contributed by atoms with E-state index >= 15 is 0 Å². The molecule has 1 aliphatic heterocycles. The van der Waals surface area contributed by atoms with Crippen LogP contribution in [0.5, 0.6) is 5.75 Å². The van der Waals surface area contributed by atoms with Gasteiger partial charge in [0, 0.05) is 37.4 Å². The molecule has 13 heteroatoms. The highest BCUT2D eigenvalue weighted by molar-refractivity contribution is 6.35. The standard InChI is InChI=1S/C18H15ClF7N3O2.CH4/c19-12-5-13(15(30)28-7-8-6-17(22,23)1-2-27-8)29-14-10(12)3-9(31-16(20)21)4-11(14)18(24,25)26;/h3-5,8,16,27H,1-2,6-7H2,(H,28,30);1H4/t8-;/m0./s1. The fourth-order valence-electron chi connectivity index (χ4n) is 3.21. The van der Waals surface area contributed by atoms with Gasteiger partial charge in [0.25, 0.3) is 11.8 Å². The lowest BCUT2D eigenvalue weighted by Gasteiger charge is -2.30. The third-order valence-electron chi connectivity index (χ3n) is 4.58. The van der Waals surface area contributed by atoms with Crippen LogP contribution in [0.4, 0.5) is 30.7 Å². The zero-order chi connectivity index (χ0) is 23.0. The van der Waals surface area contributed by atoms with Crippen molar-refractivity contribution in [2.45, 2.75) is 45.0 Å². The van der Waals surface area contributed by atoms with Gasteiger partial charge in [-0.05, 0) is 18.2 Å². The Bertz CT molecular complexity index is 986. The Morgan fingerprint density at radius 2 is 2.00 bits per heavy atom. The second-order valence-electron chi connectivity index (χ2n) is 6.90. The molecule has 5 nitrogen and oxygen atoms in total. The Hall–Kier alpha value is -2.34. The van der Waals surface area contributed by atoms with E-state index in [1.54, 1.807) is 0 Å². The Balaban J connectivity index is 0.00000363. The van der Waals surface area contributed by atoms with Crippen molar-refractivity contribution in [1.29, 1.82) is 0 Å². The van der Waals surface area contributed by atoms with Gasteiger partial charge in [0.15, 0.2) is 0 Å². The topological polar surface area (TPSA) is 63.2 Å². The minimum absolute atomic E-state index is 0. The van der Waals surface area contributed by atoms with Gasteiger partial charge >= 0.3 is 12.8 Å². The summed E-state index contributed by atoms with van der Waals surface area (Å²) in [4.78, 5) is 16.1. The summed E-state index contributed by atoms with van der Waals surface area (Å²) in [6.07, 6.45) is -5.86. The largest absolute Gasteiger partial charge is 0.435 e. The van der Waals surface area contributed by atoms with Crippen molar-refractivity contribution in [2.24, 2.45) is 0 Å². The summed E-state index contributed by atoms with van der Waals surface area (Å²) in [7, 11) is 0. The van der Waals surface area contributed by atoms with Gasteiger partial charge < -0.3 is 15.4 Å². The molecule has 1 amide bonds. The zero-order valence-electron chi connectivity index (χ0n) is 15.5. The van der Waals surface area contributed by atoms with E-state index in [1.807, 2.05) is 0 Å². The second-order valence-corrected chi connectivity index (χ2v) is 7.31. The predicted octanol–water partition coefficient (Wildman–Crippen LogP) is 5.26. The Kier molecular flexibility index (Phi) is 7.82. The quantitative estimate of drug-likeness (QED) is 0.562. The normalized spacial score (nSPS) is 18.3. The van der Waals surface area contributed by atoms with Crippen LogP contribution in [-0.4, -0.2) is 42.6 Å². The zero-order valence-corrected chi connectivity index (χ0v) is 16.3. The molecule has 0 aliphatic carbocycles. The number of rotatable bonds is 5. The summed E-state index contributed by atoms with van der Waals surface area (Å²) in [6.45, 7) is -3.53. The molecule has 2 aromatic rings. The number of hydrogen-bond acceptors (Lipinski definition) is 4. The van der Waals surface area contributed by atoms with Gasteiger partial charge in [-0.25, -0.2) is 13.8 Å². The van der Waals surface area contributed by atoms with Crippen molar-refractivity contribution in [1.82, 2.24) is 15.6 Å². The number of benzene rings is 1. The molecule has 2 N–H and O–H groups in total. The molecule has 2 heterocycles. The second kappa shape index (κ2) is 9.65. The molecule has 0 radical (unpaired) electrons. The highest BCUT2D eigenvalue weighted by atomic mass is 35.5. The van der Waals surface area contributed by atoms with E-state index < -0.39 is 59.6 Å². The lowest BCUT2D eigenvalue weighted by atomic mass is 10.0.